The van der Waals surface area contributed by atoms with Gasteiger partial charge in [0.1, 0.15) is 0 Å². The Morgan fingerprint density at radius 3 is 2.43 bits per heavy atom. The standard InChI is InChI=1S/C15H23F3N2O/c1-11(2)20(7-8-21-4)14-6-5-12(10-19-3)9-13(14)15(16,17)18/h5-6,9,11,19H,7-8,10H2,1-4H3. The van der Waals surface area contributed by atoms with Gasteiger partial charge in [0, 0.05) is 31.9 Å². The van der Waals surface area contributed by atoms with E-state index in [0.717, 1.165) is 0 Å². The van der Waals surface area contributed by atoms with Crippen molar-refractivity contribution in [3.05, 3.63) is 29.3 Å². The van der Waals surface area contributed by atoms with E-state index in [-0.39, 0.29) is 11.7 Å². The molecule has 0 aliphatic rings. The van der Waals surface area contributed by atoms with Gasteiger partial charge in [-0.05, 0) is 38.6 Å². The number of rotatable bonds is 7. The summed E-state index contributed by atoms with van der Waals surface area (Å²) in [5.41, 5.74) is 0.221. The topological polar surface area (TPSA) is 24.5 Å². The van der Waals surface area contributed by atoms with Crippen molar-refractivity contribution in [2.75, 3.05) is 32.2 Å². The summed E-state index contributed by atoms with van der Waals surface area (Å²) in [5.74, 6) is 0. The molecule has 0 aromatic heterocycles. The van der Waals surface area contributed by atoms with Crippen molar-refractivity contribution in [1.29, 1.82) is 0 Å². The Morgan fingerprint density at radius 2 is 1.95 bits per heavy atom. The molecule has 0 aliphatic heterocycles. The predicted octanol–water partition coefficient (Wildman–Crippen LogP) is 3.29. The third-order valence-electron chi connectivity index (χ3n) is 3.22. The van der Waals surface area contributed by atoms with Gasteiger partial charge in [-0.2, -0.15) is 13.2 Å². The van der Waals surface area contributed by atoms with Gasteiger partial charge in [0.05, 0.1) is 12.2 Å². The molecule has 0 bridgehead atoms. The maximum Gasteiger partial charge on any atom is 0.418 e. The van der Waals surface area contributed by atoms with Gasteiger partial charge < -0.3 is 15.0 Å². The zero-order valence-electron chi connectivity index (χ0n) is 12.9. The quantitative estimate of drug-likeness (QED) is 0.836. The summed E-state index contributed by atoms with van der Waals surface area (Å²) in [4.78, 5) is 1.72. The molecule has 0 aliphatic carbocycles. The minimum atomic E-state index is -4.38. The van der Waals surface area contributed by atoms with Gasteiger partial charge in [-0.15, -0.1) is 0 Å². The first-order valence-electron chi connectivity index (χ1n) is 6.91. The number of nitrogens with zero attached hydrogens (tertiary/aromatic N) is 1. The number of alkyl halides is 3. The Hall–Kier alpha value is -1.27. The average Bonchev–Trinajstić information content (AvgIpc) is 2.39. The van der Waals surface area contributed by atoms with Gasteiger partial charge in [0.15, 0.2) is 0 Å². The molecule has 0 fully saturated rings. The Labute approximate surface area is 124 Å². The molecule has 1 N–H and O–H groups in total. The van der Waals surface area contributed by atoms with Crippen LogP contribution >= 0.6 is 0 Å². The molecular formula is C15H23F3N2O. The molecule has 1 rings (SSSR count). The van der Waals surface area contributed by atoms with Crippen molar-refractivity contribution in [3.8, 4) is 0 Å². The van der Waals surface area contributed by atoms with Crippen LogP contribution in [0.5, 0.6) is 0 Å². The number of methoxy groups -OCH3 is 1. The van der Waals surface area contributed by atoms with E-state index < -0.39 is 11.7 Å². The molecule has 120 valence electrons. The smallest absolute Gasteiger partial charge is 0.383 e. The van der Waals surface area contributed by atoms with E-state index in [2.05, 4.69) is 5.32 Å². The SMILES string of the molecule is CNCc1ccc(N(CCOC)C(C)C)c(C(F)(F)F)c1. The Kier molecular flexibility index (Phi) is 6.48. The summed E-state index contributed by atoms with van der Waals surface area (Å²) in [6, 6.07) is 4.44. The maximum atomic E-state index is 13.3. The summed E-state index contributed by atoms with van der Waals surface area (Å²) in [6.45, 7) is 4.95. The number of anilines is 1. The molecular weight excluding hydrogens is 281 g/mol. The number of halogens is 3. The molecule has 0 amide bonds. The van der Waals surface area contributed by atoms with Crippen LogP contribution in [0.4, 0.5) is 18.9 Å². The fourth-order valence-electron chi connectivity index (χ4n) is 2.22. The lowest BCUT2D eigenvalue weighted by molar-refractivity contribution is -0.137. The Balaban J connectivity index is 3.24. The van der Waals surface area contributed by atoms with Crippen LogP contribution in [0.15, 0.2) is 18.2 Å². The third-order valence-corrected chi connectivity index (χ3v) is 3.22. The summed E-state index contributed by atoms with van der Waals surface area (Å²) < 4.78 is 45.0. The predicted molar refractivity (Wildman–Crippen MR) is 78.6 cm³/mol. The molecule has 0 unspecified atom stereocenters. The molecule has 0 atom stereocenters. The van der Waals surface area contributed by atoms with Crippen LogP contribution < -0.4 is 10.2 Å². The van der Waals surface area contributed by atoms with Crippen molar-refractivity contribution in [2.24, 2.45) is 0 Å². The second-order valence-corrected chi connectivity index (χ2v) is 5.16. The molecule has 0 spiro atoms. The molecule has 1 aromatic rings. The highest BCUT2D eigenvalue weighted by Crippen LogP contribution is 2.37. The summed E-state index contributed by atoms with van der Waals surface area (Å²) in [6.07, 6.45) is -4.38. The fraction of sp³-hybridized carbons (Fsp3) is 0.600. The Bertz CT molecular complexity index is 447. The van der Waals surface area contributed by atoms with Crippen LogP contribution in [0.25, 0.3) is 0 Å². The van der Waals surface area contributed by atoms with Crippen molar-refractivity contribution < 1.29 is 17.9 Å². The minimum absolute atomic E-state index is 0.0450. The van der Waals surface area contributed by atoms with Crippen molar-refractivity contribution >= 4 is 5.69 Å². The van der Waals surface area contributed by atoms with Gasteiger partial charge in [0.2, 0.25) is 0 Å². The van der Waals surface area contributed by atoms with Gasteiger partial charge in [-0.25, -0.2) is 0 Å². The zero-order chi connectivity index (χ0) is 16.0. The number of benzene rings is 1. The molecule has 3 nitrogen and oxygen atoms in total. The lowest BCUT2D eigenvalue weighted by atomic mass is 10.1. The molecule has 0 radical (unpaired) electrons. The molecule has 21 heavy (non-hydrogen) atoms. The zero-order valence-corrected chi connectivity index (χ0v) is 12.9. The van der Waals surface area contributed by atoms with Crippen molar-refractivity contribution in [2.45, 2.75) is 32.6 Å². The summed E-state index contributed by atoms with van der Waals surface area (Å²) in [7, 11) is 3.25. The number of hydrogen-bond acceptors (Lipinski definition) is 3. The lowest BCUT2D eigenvalue weighted by Gasteiger charge is -2.31. The van der Waals surface area contributed by atoms with E-state index in [9.17, 15) is 13.2 Å². The van der Waals surface area contributed by atoms with Crippen LogP contribution in [0.1, 0.15) is 25.0 Å². The summed E-state index contributed by atoms with van der Waals surface area (Å²) >= 11 is 0. The third kappa shape index (κ3) is 4.89. The Morgan fingerprint density at radius 1 is 1.29 bits per heavy atom. The highest BCUT2D eigenvalue weighted by atomic mass is 19.4. The first-order valence-corrected chi connectivity index (χ1v) is 6.91. The molecule has 0 saturated heterocycles. The largest absolute Gasteiger partial charge is 0.418 e. The van der Waals surface area contributed by atoms with Crippen LogP contribution in [0, 0.1) is 0 Å². The van der Waals surface area contributed by atoms with E-state index in [1.807, 2.05) is 13.8 Å². The van der Waals surface area contributed by atoms with E-state index >= 15 is 0 Å². The first kappa shape index (κ1) is 17.8. The molecule has 1 aromatic carbocycles. The van der Waals surface area contributed by atoms with Crippen molar-refractivity contribution in [3.63, 3.8) is 0 Å². The molecule has 0 heterocycles. The van der Waals surface area contributed by atoms with Gasteiger partial charge in [-0.1, -0.05) is 6.07 Å². The molecule has 0 saturated carbocycles. The first-order chi connectivity index (χ1) is 9.81. The fourth-order valence-corrected chi connectivity index (χ4v) is 2.22. The molecule has 6 heteroatoms. The van der Waals surface area contributed by atoms with E-state index in [4.69, 9.17) is 4.74 Å². The average molecular weight is 304 g/mol. The van der Waals surface area contributed by atoms with Crippen LogP contribution in [-0.4, -0.2) is 33.4 Å². The lowest BCUT2D eigenvalue weighted by Crippen LogP contribution is -2.35. The second-order valence-electron chi connectivity index (χ2n) is 5.16. The highest BCUT2D eigenvalue weighted by Gasteiger charge is 2.35. The van der Waals surface area contributed by atoms with Gasteiger partial charge in [-0.3, -0.25) is 0 Å². The normalized spacial score (nSPS) is 12.0. The van der Waals surface area contributed by atoms with Crippen LogP contribution in [0.2, 0.25) is 0 Å². The van der Waals surface area contributed by atoms with E-state index in [0.29, 0.717) is 25.3 Å². The maximum absolute atomic E-state index is 13.3. The summed E-state index contributed by atoms with van der Waals surface area (Å²) in [5, 5.41) is 2.87. The number of nitrogens with one attached hydrogen (secondary N) is 1. The highest BCUT2D eigenvalue weighted by molar-refractivity contribution is 5.57. The van der Waals surface area contributed by atoms with Crippen molar-refractivity contribution in [1.82, 2.24) is 5.32 Å². The number of hydrogen-bond donors (Lipinski definition) is 1. The van der Waals surface area contributed by atoms with E-state index in [1.165, 1.54) is 6.07 Å². The minimum Gasteiger partial charge on any atom is -0.383 e. The monoisotopic (exact) mass is 304 g/mol. The second kappa shape index (κ2) is 7.66. The van der Waals surface area contributed by atoms with Crippen LogP contribution in [-0.2, 0) is 17.5 Å². The van der Waals surface area contributed by atoms with Crippen LogP contribution in [0.3, 0.4) is 0 Å². The number of ether oxygens (including phenoxy) is 1. The van der Waals surface area contributed by atoms with Gasteiger partial charge >= 0.3 is 6.18 Å². The van der Waals surface area contributed by atoms with E-state index in [1.54, 1.807) is 31.2 Å². The van der Waals surface area contributed by atoms with Gasteiger partial charge in [0.25, 0.3) is 0 Å².